The van der Waals surface area contributed by atoms with Gasteiger partial charge in [-0.05, 0) is 29.8 Å². The van der Waals surface area contributed by atoms with E-state index in [2.05, 4.69) is 5.32 Å². The molecule has 9 heteroatoms. The summed E-state index contributed by atoms with van der Waals surface area (Å²) < 4.78 is 25.6. The van der Waals surface area contributed by atoms with Crippen LogP contribution < -0.4 is 5.32 Å². The molecule has 0 bridgehead atoms. The minimum Gasteiger partial charge on any atom is -0.324 e. The molecule has 1 N–H and O–H groups in total. The predicted molar refractivity (Wildman–Crippen MR) is 127 cm³/mol. The molecule has 0 unspecified atom stereocenters. The lowest BCUT2D eigenvalue weighted by molar-refractivity contribution is -0.116. The maximum absolute atomic E-state index is 12.9. The Bertz CT molecular complexity index is 1250. The Labute approximate surface area is 196 Å². The number of amides is 1. The van der Waals surface area contributed by atoms with E-state index < -0.39 is 22.5 Å². The maximum atomic E-state index is 12.9. The van der Waals surface area contributed by atoms with Gasteiger partial charge in [0.05, 0.1) is 18.5 Å². The fourth-order valence-electron chi connectivity index (χ4n) is 3.02. The summed E-state index contributed by atoms with van der Waals surface area (Å²) >= 11 is 12.2. The van der Waals surface area contributed by atoms with Crippen molar-refractivity contribution in [3.63, 3.8) is 0 Å². The standard InChI is InChI=1S/C23H20Cl2N2O4S/c1-32(30,31)27(14-17-9-5-6-10-20(17)25)15-22(28)26-21-12-11-18(24)13-19(21)23(29)16-7-3-2-4-8-16/h2-13H,14-15H2,1H3,(H,26,28). The van der Waals surface area contributed by atoms with Gasteiger partial charge in [-0.2, -0.15) is 4.31 Å². The molecule has 0 aromatic heterocycles. The molecule has 3 rings (SSSR count). The Morgan fingerprint density at radius 1 is 0.938 bits per heavy atom. The van der Waals surface area contributed by atoms with Gasteiger partial charge in [0, 0.05) is 27.7 Å². The number of benzene rings is 3. The maximum Gasteiger partial charge on any atom is 0.239 e. The van der Waals surface area contributed by atoms with Crippen LogP contribution in [0.4, 0.5) is 5.69 Å². The third-order valence-corrected chi connectivity index (χ3v) is 6.43. The lowest BCUT2D eigenvalue weighted by atomic mass is 10.0. The normalized spacial score (nSPS) is 11.4. The van der Waals surface area contributed by atoms with Crippen LogP contribution in [0.15, 0.2) is 72.8 Å². The molecule has 3 aromatic rings. The van der Waals surface area contributed by atoms with Crippen LogP contribution in [0.3, 0.4) is 0 Å². The largest absolute Gasteiger partial charge is 0.324 e. The van der Waals surface area contributed by atoms with Crippen molar-refractivity contribution in [3.05, 3.63) is 99.5 Å². The van der Waals surface area contributed by atoms with Gasteiger partial charge in [-0.1, -0.05) is 71.7 Å². The molecule has 1 amide bonds. The molecule has 0 saturated heterocycles. The van der Waals surface area contributed by atoms with Gasteiger partial charge >= 0.3 is 0 Å². The smallest absolute Gasteiger partial charge is 0.239 e. The monoisotopic (exact) mass is 490 g/mol. The average molecular weight is 491 g/mol. The van der Waals surface area contributed by atoms with Crippen molar-refractivity contribution in [2.75, 3.05) is 18.1 Å². The first kappa shape index (κ1) is 23.9. The fraction of sp³-hybridized carbons (Fsp3) is 0.130. The molecule has 0 radical (unpaired) electrons. The van der Waals surface area contributed by atoms with Gasteiger partial charge in [-0.25, -0.2) is 8.42 Å². The second kappa shape index (κ2) is 10.3. The van der Waals surface area contributed by atoms with E-state index in [1.165, 1.54) is 18.2 Å². The molecule has 0 fully saturated rings. The minimum absolute atomic E-state index is 0.0671. The molecule has 6 nitrogen and oxygen atoms in total. The summed E-state index contributed by atoms with van der Waals surface area (Å²) in [6, 6.07) is 19.9. The third-order valence-electron chi connectivity index (χ3n) is 4.63. The van der Waals surface area contributed by atoms with Crippen molar-refractivity contribution in [2.24, 2.45) is 0 Å². The highest BCUT2D eigenvalue weighted by Gasteiger charge is 2.23. The Kier molecular flexibility index (Phi) is 7.69. The first-order chi connectivity index (χ1) is 15.1. The molecule has 0 aliphatic rings. The Hall–Kier alpha value is -2.71. The Morgan fingerprint density at radius 2 is 1.59 bits per heavy atom. The van der Waals surface area contributed by atoms with Gasteiger partial charge in [0.1, 0.15) is 0 Å². The zero-order chi connectivity index (χ0) is 23.3. The van der Waals surface area contributed by atoms with Crippen molar-refractivity contribution in [2.45, 2.75) is 6.54 Å². The number of carbonyl (C=O) groups excluding carboxylic acids is 2. The lowest BCUT2D eigenvalue weighted by Gasteiger charge is -2.20. The highest BCUT2D eigenvalue weighted by atomic mass is 35.5. The number of anilines is 1. The van der Waals surface area contributed by atoms with Crippen LogP contribution in [0.2, 0.25) is 10.0 Å². The van der Waals surface area contributed by atoms with E-state index in [0.717, 1.165) is 10.6 Å². The van der Waals surface area contributed by atoms with Crippen LogP contribution in [0.1, 0.15) is 21.5 Å². The molecule has 0 aliphatic carbocycles. The van der Waals surface area contributed by atoms with Crippen LogP contribution in [0.5, 0.6) is 0 Å². The summed E-state index contributed by atoms with van der Waals surface area (Å²) in [5.74, 6) is -0.925. The number of rotatable bonds is 8. The van der Waals surface area contributed by atoms with Gasteiger partial charge in [0.2, 0.25) is 15.9 Å². The quantitative estimate of drug-likeness (QED) is 0.466. The topological polar surface area (TPSA) is 83.6 Å². The molecule has 32 heavy (non-hydrogen) atoms. The van der Waals surface area contributed by atoms with Crippen LogP contribution in [0.25, 0.3) is 0 Å². The summed E-state index contributed by atoms with van der Waals surface area (Å²) in [6.07, 6.45) is 1.02. The highest BCUT2D eigenvalue weighted by molar-refractivity contribution is 7.88. The van der Waals surface area contributed by atoms with Crippen LogP contribution in [-0.4, -0.2) is 37.2 Å². The summed E-state index contributed by atoms with van der Waals surface area (Å²) in [5, 5.41) is 3.36. The van der Waals surface area contributed by atoms with Gasteiger partial charge in [0.25, 0.3) is 0 Å². The molecular formula is C23H20Cl2N2O4S. The second-order valence-electron chi connectivity index (χ2n) is 7.06. The summed E-state index contributed by atoms with van der Waals surface area (Å²) in [4.78, 5) is 25.7. The first-order valence-corrected chi connectivity index (χ1v) is 12.1. The van der Waals surface area contributed by atoms with Gasteiger partial charge < -0.3 is 5.32 Å². The van der Waals surface area contributed by atoms with Crippen molar-refractivity contribution >= 4 is 50.6 Å². The molecule has 0 saturated carbocycles. The van der Waals surface area contributed by atoms with Crippen molar-refractivity contribution in [1.82, 2.24) is 4.31 Å². The van der Waals surface area contributed by atoms with Crippen molar-refractivity contribution in [3.8, 4) is 0 Å². The molecule has 3 aromatic carbocycles. The van der Waals surface area contributed by atoms with Crippen LogP contribution >= 0.6 is 23.2 Å². The molecule has 0 atom stereocenters. The third kappa shape index (κ3) is 6.17. The van der Waals surface area contributed by atoms with E-state index in [9.17, 15) is 18.0 Å². The molecule has 0 aliphatic heterocycles. The van der Waals surface area contributed by atoms with E-state index in [0.29, 0.717) is 21.2 Å². The van der Waals surface area contributed by atoms with E-state index in [-0.39, 0.29) is 23.6 Å². The zero-order valence-corrected chi connectivity index (χ0v) is 19.4. The number of nitrogens with zero attached hydrogens (tertiary/aromatic N) is 1. The number of ketones is 1. The number of carbonyl (C=O) groups is 2. The van der Waals surface area contributed by atoms with E-state index in [1.807, 2.05) is 0 Å². The number of hydrogen-bond acceptors (Lipinski definition) is 4. The molecular weight excluding hydrogens is 471 g/mol. The van der Waals surface area contributed by atoms with E-state index in [1.54, 1.807) is 54.6 Å². The Morgan fingerprint density at radius 3 is 2.25 bits per heavy atom. The molecule has 0 spiro atoms. The van der Waals surface area contributed by atoms with Crippen molar-refractivity contribution < 1.29 is 18.0 Å². The molecule has 166 valence electrons. The van der Waals surface area contributed by atoms with Crippen LogP contribution in [-0.2, 0) is 21.4 Å². The first-order valence-electron chi connectivity index (χ1n) is 9.53. The van der Waals surface area contributed by atoms with E-state index in [4.69, 9.17) is 23.2 Å². The van der Waals surface area contributed by atoms with E-state index >= 15 is 0 Å². The zero-order valence-electron chi connectivity index (χ0n) is 17.1. The van der Waals surface area contributed by atoms with Gasteiger partial charge in [-0.3, -0.25) is 9.59 Å². The number of nitrogens with one attached hydrogen (secondary N) is 1. The number of sulfonamides is 1. The number of hydrogen-bond donors (Lipinski definition) is 1. The lowest BCUT2D eigenvalue weighted by Crippen LogP contribution is -2.37. The van der Waals surface area contributed by atoms with Gasteiger partial charge in [-0.15, -0.1) is 0 Å². The summed E-state index contributed by atoms with van der Waals surface area (Å²) in [5.41, 5.74) is 1.44. The highest BCUT2D eigenvalue weighted by Crippen LogP contribution is 2.24. The van der Waals surface area contributed by atoms with Crippen LogP contribution in [0, 0.1) is 0 Å². The SMILES string of the molecule is CS(=O)(=O)N(CC(=O)Nc1ccc(Cl)cc1C(=O)c1ccccc1)Cc1ccccc1Cl. The molecule has 0 heterocycles. The average Bonchev–Trinajstić information content (AvgIpc) is 2.75. The fourth-order valence-corrected chi connectivity index (χ4v) is 4.11. The number of halogens is 2. The Balaban J connectivity index is 1.83. The van der Waals surface area contributed by atoms with Gasteiger partial charge in [0.15, 0.2) is 5.78 Å². The van der Waals surface area contributed by atoms with Crippen molar-refractivity contribution in [1.29, 1.82) is 0 Å². The summed E-state index contributed by atoms with van der Waals surface area (Å²) in [6.45, 7) is -0.520. The predicted octanol–water partition coefficient (Wildman–Crippen LogP) is 4.62. The summed E-state index contributed by atoms with van der Waals surface area (Å²) in [7, 11) is -3.72. The minimum atomic E-state index is -3.72. The second-order valence-corrected chi connectivity index (χ2v) is 9.88.